The SMILES string of the molecule is CCCCCCC(C)Nc1cc(C(=O)OC)ccc1F. The van der Waals surface area contributed by atoms with E-state index in [9.17, 15) is 9.18 Å². The monoisotopic (exact) mass is 281 g/mol. The molecule has 3 nitrogen and oxygen atoms in total. The molecule has 1 N–H and O–H groups in total. The van der Waals surface area contributed by atoms with Gasteiger partial charge >= 0.3 is 5.97 Å². The summed E-state index contributed by atoms with van der Waals surface area (Å²) in [6.07, 6.45) is 5.76. The molecule has 0 saturated heterocycles. The minimum absolute atomic E-state index is 0.175. The third kappa shape index (κ3) is 5.19. The molecule has 1 unspecified atom stereocenters. The lowest BCUT2D eigenvalue weighted by Crippen LogP contribution is -2.16. The number of rotatable bonds is 8. The van der Waals surface area contributed by atoms with Crippen molar-refractivity contribution in [3.63, 3.8) is 0 Å². The third-order valence-corrected chi connectivity index (χ3v) is 3.28. The standard InChI is InChI=1S/C16H24FNO2/c1-4-5-6-7-8-12(2)18-15-11-13(16(19)20-3)9-10-14(15)17/h9-12,18H,4-8H2,1-3H3. The molecule has 1 atom stereocenters. The number of hydrogen-bond donors (Lipinski definition) is 1. The lowest BCUT2D eigenvalue weighted by Gasteiger charge is -2.16. The van der Waals surface area contributed by atoms with Gasteiger partial charge in [-0.3, -0.25) is 0 Å². The highest BCUT2D eigenvalue weighted by Gasteiger charge is 2.11. The van der Waals surface area contributed by atoms with Gasteiger partial charge in [-0.05, 0) is 31.5 Å². The summed E-state index contributed by atoms with van der Waals surface area (Å²) in [4.78, 5) is 11.4. The molecule has 1 aromatic carbocycles. The van der Waals surface area contributed by atoms with Gasteiger partial charge < -0.3 is 10.1 Å². The largest absolute Gasteiger partial charge is 0.465 e. The average molecular weight is 281 g/mol. The van der Waals surface area contributed by atoms with Crippen LogP contribution in [0.5, 0.6) is 0 Å². The Kier molecular flexibility index (Phi) is 7.05. The molecule has 0 aliphatic rings. The minimum Gasteiger partial charge on any atom is -0.465 e. The Balaban J connectivity index is 2.59. The normalized spacial score (nSPS) is 12.0. The maximum atomic E-state index is 13.7. The molecular weight excluding hydrogens is 257 g/mol. The second-order valence-electron chi connectivity index (χ2n) is 5.08. The Hall–Kier alpha value is -1.58. The summed E-state index contributed by atoms with van der Waals surface area (Å²) < 4.78 is 18.4. The third-order valence-electron chi connectivity index (χ3n) is 3.28. The van der Waals surface area contributed by atoms with Gasteiger partial charge in [0.15, 0.2) is 0 Å². The Morgan fingerprint density at radius 1 is 1.35 bits per heavy atom. The van der Waals surface area contributed by atoms with E-state index in [1.165, 1.54) is 44.6 Å². The van der Waals surface area contributed by atoms with Crippen LogP contribution in [0.25, 0.3) is 0 Å². The van der Waals surface area contributed by atoms with Crippen LogP contribution in [0.2, 0.25) is 0 Å². The van der Waals surface area contributed by atoms with E-state index in [4.69, 9.17) is 0 Å². The predicted octanol–water partition coefficient (Wildman–Crippen LogP) is 4.38. The lowest BCUT2D eigenvalue weighted by molar-refractivity contribution is 0.0600. The molecule has 1 rings (SSSR count). The second-order valence-corrected chi connectivity index (χ2v) is 5.08. The van der Waals surface area contributed by atoms with Crippen LogP contribution >= 0.6 is 0 Å². The Morgan fingerprint density at radius 2 is 2.10 bits per heavy atom. The van der Waals surface area contributed by atoms with Crippen molar-refractivity contribution in [3.05, 3.63) is 29.6 Å². The number of halogens is 1. The van der Waals surface area contributed by atoms with Crippen molar-refractivity contribution in [2.45, 2.75) is 52.0 Å². The summed E-state index contributed by atoms with van der Waals surface area (Å²) in [7, 11) is 1.31. The number of hydrogen-bond acceptors (Lipinski definition) is 3. The van der Waals surface area contributed by atoms with Crippen molar-refractivity contribution in [1.82, 2.24) is 0 Å². The van der Waals surface area contributed by atoms with Crippen LogP contribution in [-0.2, 0) is 4.74 Å². The molecule has 112 valence electrons. The van der Waals surface area contributed by atoms with Crippen molar-refractivity contribution in [2.24, 2.45) is 0 Å². The number of nitrogens with one attached hydrogen (secondary N) is 1. The molecular formula is C16H24FNO2. The summed E-state index contributed by atoms with van der Waals surface area (Å²) in [5.41, 5.74) is 0.713. The van der Waals surface area contributed by atoms with E-state index in [1.807, 2.05) is 6.92 Å². The van der Waals surface area contributed by atoms with Crippen LogP contribution < -0.4 is 5.32 Å². The fourth-order valence-corrected chi connectivity index (χ4v) is 2.10. The summed E-state index contributed by atoms with van der Waals surface area (Å²) in [5.74, 6) is -0.804. The van der Waals surface area contributed by atoms with E-state index in [0.29, 0.717) is 11.3 Å². The lowest BCUT2D eigenvalue weighted by atomic mass is 10.1. The maximum Gasteiger partial charge on any atom is 0.337 e. The van der Waals surface area contributed by atoms with E-state index in [0.717, 1.165) is 12.8 Å². The molecule has 0 bridgehead atoms. The molecule has 20 heavy (non-hydrogen) atoms. The molecule has 0 heterocycles. The zero-order chi connectivity index (χ0) is 15.0. The first-order valence-corrected chi connectivity index (χ1v) is 7.22. The average Bonchev–Trinajstić information content (AvgIpc) is 2.45. The Labute approximate surface area is 120 Å². The Morgan fingerprint density at radius 3 is 2.75 bits per heavy atom. The van der Waals surface area contributed by atoms with Gasteiger partial charge in [0.2, 0.25) is 0 Å². The van der Waals surface area contributed by atoms with E-state index in [2.05, 4.69) is 17.0 Å². The number of ether oxygens (including phenoxy) is 1. The first-order chi connectivity index (χ1) is 9.58. The highest BCUT2D eigenvalue weighted by atomic mass is 19.1. The molecule has 0 saturated carbocycles. The van der Waals surface area contributed by atoms with Crippen LogP contribution in [-0.4, -0.2) is 19.1 Å². The van der Waals surface area contributed by atoms with Gasteiger partial charge in [-0.25, -0.2) is 9.18 Å². The van der Waals surface area contributed by atoms with E-state index in [-0.39, 0.29) is 11.9 Å². The summed E-state index contributed by atoms with van der Waals surface area (Å²) in [6.45, 7) is 4.20. The molecule has 0 fully saturated rings. The molecule has 0 radical (unpaired) electrons. The number of methoxy groups -OCH3 is 1. The molecule has 0 spiro atoms. The van der Waals surface area contributed by atoms with Gasteiger partial charge in [-0.15, -0.1) is 0 Å². The Bertz CT molecular complexity index is 434. The summed E-state index contributed by atoms with van der Waals surface area (Å²) in [5, 5.41) is 3.12. The predicted molar refractivity (Wildman–Crippen MR) is 79.6 cm³/mol. The first kappa shape index (κ1) is 16.5. The minimum atomic E-state index is -0.455. The zero-order valence-electron chi connectivity index (χ0n) is 12.5. The number of unbranched alkanes of at least 4 members (excludes halogenated alkanes) is 3. The summed E-state index contributed by atoms with van der Waals surface area (Å²) in [6, 6.07) is 4.40. The molecule has 4 heteroatoms. The zero-order valence-corrected chi connectivity index (χ0v) is 12.5. The molecule has 0 amide bonds. The number of anilines is 1. The molecule has 0 aromatic heterocycles. The molecule has 1 aromatic rings. The number of esters is 1. The van der Waals surface area contributed by atoms with Crippen LogP contribution in [0, 0.1) is 5.82 Å². The van der Waals surface area contributed by atoms with Crippen molar-refractivity contribution >= 4 is 11.7 Å². The first-order valence-electron chi connectivity index (χ1n) is 7.22. The molecule has 0 aliphatic heterocycles. The van der Waals surface area contributed by atoms with E-state index < -0.39 is 5.97 Å². The van der Waals surface area contributed by atoms with Gasteiger partial charge in [0.1, 0.15) is 5.82 Å². The van der Waals surface area contributed by atoms with Crippen LogP contribution in [0.4, 0.5) is 10.1 Å². The number of benzene rings is 1. The van der Waals surface area contributed by atoms with Gasteiger partial charge in [0.05, 0.1) is 18.4 Å². The van der Waals surface area contributed by atoms with Crippen molar-refractivity contribution < 1.29 is 13.9 Å². The number of carbonyl (C=O) groups excluding carboxylic acids is 1. The van der Waals surface area contributed by atoms with Gasteiger partial charge in [0, 0.05) is 6.04 Å². The van der Waals surface area contributed by atoms with Crippen LogP contribution in [0.15, 0.2) is 18.2 Å². The van der Waals surface area contributed by atoms with Gasteiger partial charge in [-0.1, -0.05) is 32.6 Å². The fourth-order valence-electron chi connectivity index (χ4n) is 2.10. The van der Waals surface area contributed by atoms with Gasteiger partial charge in [-0.2, -0.15) is 0 Å². The number of carbonyl (C=O) groups is 1. The second kappa shape index (κ2) is 8.56. The highest BCUT2D eigenvalue weighted by Crippen LogP contribution is 2.19. The van der Waals surface area contributed by atoms with Gasteiger partial charge in [0.25, 0.3) is 0 Å². The van der Waals surface area contributed by atoms with Crippen LogP contribution in [0.3, 0.4) is 0 Å². The van der Waals surface area contributed by atoms with Crippen LogP contribution in [0.1, 0.15) is 56.3 Å². The van der Waals surface area contributed by atoms with Crippen molar-refractivity contribution in [1.29, 1.82) is 0 Å². The van der Waals surface area contributed by atoms with Crippen molar-refractivity contribution in [2.75, 3.05) is 12.4 Å². The summed E-state index contributed by atoms with van der Waals surface area (Å²) >= 11 is 0. The quantitative estimate of drug-likeness (QED) is 0.567. The van der Waals surface area contributed by atoms with Crippen molar-refractivity contribution in [3.8, 4) is 0 Å². The highest BCUT2D eigenvalue weighted by molar-refractivity contribution is 5.90. The smallest absolute Gasteiger partial charge is 0.337 e. The fraction of sp³-hybridized carbons (Fsp3) is 0.562. The topological polar surface area (TPSA) is 38.3 Å². The molecule has 0 aliphatic carbocycles. The van der Waals surface area contributed by atoms with E-state index in [1.54, 1.807) is 0 Å². The van der Waals surface area contributed by atoms with E-state index >= 15 is 0 Å². The maximum absolute atomic E-state index is 13.7.